The van der Waals surface area contributed by atoms with Crippen molar-refractivity contribution in [3.8, 4) is 11.4 Å². The number of para-hydroxylation sites is 2. The molecule has 0 atom stereocenters. The minimum atomic E-state index is 0.455. The number of nitrogens with zero attached hydrogens (tertiary/aromatic N) is 1. The highest BCUT2D eigenvalue weighted by Gasteiger charge is 2.15. The summed E-state index contributed by atoms with van der Waals surface area (Å²) in [4.78, 5) is 7.95. The zero-order chi connectivity index (χ0) is 16.2. The van der Waals surface area contributed by atoms with Crippen LogP contribution in [0.5, 0.6) is 0 Å². The molecule has 0 bridgehead atoms. The maximum atomic E-state index is 11.2. The molecule has 3 rings (SSSR count). The third-order valence-corrected chi connectivity index (χ3v) is 4.29. The summed E-state index contributed by atoms with van der Waals surface area (Å²) in [7, 11) is 0. The van der Waals surface area contributed by atoms with Gasteiger partial charge in [-0.3, -0.25) is 0 Å². The average molecular weight is 325 g/mol. The number of nitrogens with two attached hydrogens (primary N) is 1. The van der Waals surface area contributed by atoms with Gasteiger partial charge >= 0.3 is 0 Å². The number of aryl methyl sites for hydroxylation is 1. The first-order chi connectivity index (χ1) is 11.2. The predicted molar refractivity (Wildman–Crippen MR) is 97.9 cm³/mol. The van der Waals surface area contributed by atoms with Gasteiger partial charge in [0.15, 0.2) is 0 Å². The summed E-state index contributed by atoms with van der Waals surface area (Å²) in [6, 6.07) is 11.8. The minimum Gasteiger partial charge on any atom is -0.398 e. The maximum absolute atomic E-state index is 11.2. The van der Waals surface area contributed by atoms with Crippen LogP contribution >= 0.6 is 0 Å². The predicted octanol–water partition coefficient (Wildman–Crippen LogP) is 3.52. The molecule has 118 valence electrons. The van der Waals surface area contributed by atoms with E-state index in [0.717, 1.165) is 47.0 Å². The van der Waals surface area contributed by atoms with Crippen molar-refractivity contribution in [2.75, 3.05) is 5.73 Å². The Morgan fingerprint density at radius 1 is 1.26 bits per heavy atom. The molecule has 23 heavy (non-hydrogen) atoms. The Labute approximate surface area is 138 Å². The lowest BCUT2D eigenvalue weighted by Crippen LogP contribution is -2.02. The second kappa shape index (κ2) is 6.79. The zero-order valence-electron chi connectivity index (χ0n) is 13.0. The highest BCUT2D eigenvalue weighted by molar-refractivity contribution is 7.65. The Morgan fingerprint density at radius 3 is 2.83 bits per heavy atom. The Balaban J connectivity index is 2.21. The zero-order valence-corrected chi connectivity index (χ0v) is 13.8. The third kappa shape index (κ3) is 3.05. The number of benzene rings is 2. The minimum absolute atomic E-state index is 0.455. The molecule has 2 aromatic carbocycles. The Morgan fingerprint density at radius 2 is 2.09 bits per heavy atom. The number of rotatable bonds is 5. The van der Waals surface area contributed by atoms with Crippen LogP contribution in [-0.2, 0) is 17.7 Å². The number of hydrogen-bond acceptors (Lipinski definition) is 3. The van der Waals surface area contributed by atoms with Gasteiger partial charge in [-0.05, 0) is 36.6 Å². The molecule has 0 radical (unpaired) electrons. The molecule has 0 aliphatic carbocycles. The van der Waals surface area contributed by atoms with Crippen LogP contribution in [0.1, 0.15) is 30.9 Å². The van der Waals surface area contributed by atoms with Crippen LogP contribution in [0.15, 0.2) is 36.4 Å². The maximum Gasteiger partial charge on any atom is 0.141 e. The normalized spacial score (nSPS) is 10.8. The van der Waals surface area contributed by atoms with Crippen LogP contribution in [0.2, 0.25) is 0 Å². The monoisotopic (exact) mass is 325 g/mol. The molecular formula is C18H19N3OS. The topological polar surface area (TPSA) is 71.8 Å². The van der Waals surface area contributed by atoms with Crippen molar-refractivity contribution in [2.24, 2.45) is 0 Å². The molecule has 0 spiro atoms. The van der Waals surface area contributed by atoms with Gasteiger partial charge in [-0.2, -0.15) is 0 Å². The lowest BCUT2D eigenvalue weighted by atomic mass is 9.96. The van der Waals surface area contributed by atoms with Gasteiger partial charge in [-0.25, -0.2) is 9.19 Å². The molecule has 0 fully saturated rings. The fourth-order valence-corrected chi connectivity index (χ4v) is 3.15. The molecule has 0 aliphatic rings. The Hall–Kier alpha value is -2.40. The van der Waals surface area contributed by atoms with Gasteiger partial charge in [0.2, 0.25) is 0 Å². The quantitative estimate of drug-likeness (QED) is 0.557. The van der Waals surface area contributed by atoms with Gasteiger partial charge < -0.3 is 10.7 Å². The molecule has 1 heterocycles. The molecule has 1 aromatic heterocycles. The lowest BCUT2D eigenvalue weighted by Gasteiger charge is -2.12. The highest BCUT2D eigenvalue weighted by Crippen LogP contribution is 2.31. The lowest BCUT2D eigenvalue weighted by molar-refractivity contribution is 0.701. The fourth-order valence-electron chi connectivity index (χ4n) is 2.78. The van der Waals surface area contributed by atoms with Crippen LogP contribution in [0.3, 0.4) is 0 Å². The first-order valence-corrected chi connectivity index (χ1v) is 8.53. The number of nitrogens with one attached hydrogen (secondary N) is 1. The molecule has 3 N–H and O–H groups in total. The number of H-pyrrole nitrogens is 1. The molecule has 4 nitrogen and oxygen atoms in total. The second-order valence-corrected chi connectivity index (χ2v) is 5.95. The van der Waals surface area contributed by atoms with E-state index >= 15 is 0 Å². The van der Waals surface area contributed by atoms with Gasteiger partial charge in [-0.15, -0.1) is 0 Å². The summed E-state index contributed by atoms with van der Waals surface area (Å²) in [6.45, 7) is 2.16. The molecule has 0 amide bonds. The van der Waals surface area contributed by atoms with Crippen LogP contribution in [0.25, 0.3) is 22.4 Å². The van der Waals surface area contributed by atoms with Crippen molar-refractivity contribution >= 4 is 33.3 Å². The van der Waals surface area contributed by atoms with E-state index in [1.54, 1.807) is 5.37 Å². The molecule has 3 aromatic rings. The number of imidazole rings is 1. The summed E-state index contributed by atoms with van der Waals surface area (Å²) in [5.41, 5.74) is 11.5. The third-order valence-electron chi connectivity index (χ3n) is 3.96. The van der Waals surface area contributed by atoms with Crippen molar-refractivity contribution in [1.29, 1.82) is 0 Å². The van der Waals surface area contributed by atoms with Crippen LogP contribution in [0, 0.1) is 0 Å². The SMILES string of the molecule is CCCCc1ccc(N)c(-c2nc3ccccc3[nH]2)c1C=S=O. The average Bonchev–Trinajstić information content (AvgIpc) is 2.98. The van der Waals surface area contributed by atoms with Gasteiger partial charge in [0.25, 0.3) is 0 Å². The number of hydrogen-bond donors (Lipinski definition) is 2. The van der Waals surface area contributed by atoms with E-state index in [2.05, 4.69) is 16.9 Å². The van der Waals surface area contributed by atoms with Gasteiger partial charge in [0, 0.05) is 22.2 Å². The summed E-state index contributed by atoms with van der Waals surface area (Å²) in [5.74, 6) is 0.711. The van der Waals surface area contributed by atoms with Crippen LogP contribution in [-0.4, -0.2) is 19.5 Å². The largest absolute Gasteiger partial charge is 0.398 e. The molecule has 0 unspecified atom stereocenters. The van der Waals surface area contributed by atoms with Crippen molar-refractivity contribution in [3.05, 3.63) is 47.5 Å². The summed E-state index contributed by atoms with van der Waals surface area (Å²) >= 11 is 0.455. The first kappa shape index (κ1) is 15.5. The second-order valence-electron chi connectivity index (χ2n) is 5.52. The van der Waals surface area contributed by atoms with E-state index < -0.39 is 0 Å². The number of nitrogen functional groups attached to an aromatic ring is 1. The van der Waals surface area contributed by atoms with Crippen LogP contribution in [0.4, 0.5) is 5.69 Å². The van der Waals surface area contributed by atoms with Crippen molar-refractivity contribution in [1.82, 2.24) is 9.97 Å². The summed E-state index contributed by atoms with van der Waals surface area (Å²) in [6.07, 6.45) is 3.11. The number of unbranched alkanes of at least 4 members (excludes halogenated alkanes) is 1. The Bertz CT molecular complexity index is 861. The summed E-state index contributed by atoms with van der Waals surface area (Å²) in [5, 5.41) is 1.63. The van der Waals surface area contributed by atoms with Crippen molar-refractivity contribution in [2.45, 2.75) is 26.2 Å². The first-order valence-electron chi connectivity index (χ1n) is 7.73. The standard InChI is InChI=1S/C18H19N3OS/c1-2-3-6-12-9-10-14(19)17(13(12)11-23-22)18-20-15-7-4-5-8-16(15)21-18/h4-5,7-11H,2-3,6,19H2,1H3,(H,20,21). The van der Waals surface area contributed by atoms with Gasteiger partial charge in [0.05, 0.1) is 22.3 Å². The van der Waals surface area contributed by atoms with E-state index in [-0.39, 0.29) is 0 Å². The van der Waals surface area contributed by atoms with Crippen molar-refractivity contribution < 1.29 is 4.21 Å². The molecule has 0 aliphatic heterocycles. The molecule has 0 saturated heterocycles. The fraction of sp³-hybridized carbons (Fsp3) is 0.222. The van der Waals surface area contributed by atoms with Crippen LogP contribution < -0.4 is 5.73 Å². The van der Waals surface area contributed by atoms with E-state index in [9.17, 15) is 4.21 Å². The Kier molecular flexibility index (Phi) is 4.57. The molecule has 0 saturated carbocycles. The van der Waals surface area contributed by atoms with E-state index in [1.165, 1.54) is 0 Å². The van der Waals surface area contributed by atoms with Gasteiger partial charge in [-0.1, -0.05) is 31.5 Å². The number of anilines is 1. The van der Waals surface area contributed by atoms with E-state index in [4.69, 9.17) is 5.73 Å². The van der Waals surface area contributed by atoms with Crippen molar-refractivity contribution in [3.63, 3.8) is 0 Å². The summed E-state index contributed by atoms with van der Waals surface area (Å²) < 4.78 is 11.2. The number of aromatic amines is 1. The smallest absolute Gasteiger partial charge is 0.141 e. The molecule has 5 heteroatoms. The number of aromatic nitrogens is 2. The van der Waals surface area contributed by atoms with E-state index in [0.29, 0.717) is 22.8 Å². The number of fused-ring (bicyclic) bond motifs is 1. The van der Waals surface area contributed by atoms with E-state index in [1.807, 2.05) is 36.4 Å². The highest BCUT2D eigenvalue weighted by atomic mass is 32.1. The van der Waals surface area contributed by atoms with Gasteiger partial charge in [0.1, 0.15) is 5.82 Å². The molecular weight excluding hydrogens is 306 g/mol.